The molecule has 0 spiro atoms. The van der Waals surface area contributed by atoms with Gasteiger partial charge in [-0.05, 0) is 42.3 Å². The molecule has 0 aliphatic rings. The van der Waals surface area contributed by atoms with Crippen molar-refractivity contribution in [1.82, 2.24) is 0 Å². The van der Waals surface area contributed by atoms with Crippen LogP contribution in [0, 0.1) is 6.92 Å². The molecule has 0 radical (unpaired) electrons. The Hall–Kier alpha value is -1.39. The van der Waals surface area contributed by atoms with E-state index in [9.17, 15) is 13.2 Å². The van der Waals surface area contributed by atoms with Gasteiger partial charge in [-0.25, -0.2) is 0 Å². The zero-order valence-electron chi connectivity index (χ0n) is 11.1. The van der Waals surface area contributed by atoms with Gasteiger partial charge in [-0.2, -0.15) is 13.2 Å². The van der Waals surface area contributed by atoms with Gasteiger partial charge in [0.15, 0.2) is 0 Å². The van der Waals surface area contributed by atoms with Gasteiger partial charge in [-0.1, -0.05) is 35.3 Å². The lowest BCUT2D eigenvalue weighted by Crippen LogP contribution is -2.07. The van der Waals surface area contributed by atoms with Gasteiger partial charge in [0.1, 0.15) is 0 Å². The monoisotopic (exact) mass is 333 g/mol. The van der Waals surface area contributed by atoms with E-state index in [4.69, 9.17) is 23.2 Å². The van der Waals surface area contributed by atoms with Gasteiger partial charge < -0.3 is 5.32 Å². The number of alkyl halides is 3. The first-order valence-corrected chi connectivity index (χ1v) is 6.88. The van der Waals surface area contributed by atoms with Gasteiger partial charge in [-0.3, -0.25) is 0 Å². The number of anilines is 1. The van der Waals surface area contributed by atoms with Crippen molar-refractivity contribution in [3.8, 4) is 0 Å². The molecule has 0 atom stereocenters. The minimum absolute atomic E-state index is 0.0364. The Morgan fingerprint density at radius 2 is 1.76 bits per heavy atom. The standard InChI is InChI=1S/C15H12Cl2F3N/c1-9-2-3-10(4-14(9)17)8-21-13-6-11(15(18,19)20)5-12(16)7-13/h2-7,21H,8H2,1H3. The second-order valence-electron chi connectivity index (χ2n) is 4.66. The maximum Gasteiger partial charge on any atom is 0.416 e. The fourth-order valence-electron chi connectivity index (χ4n) is 1.81. The van der Waals surface area contributed by atoms with Crippen molar-refractivity contribution in [1.29, 1.82) is 0 Å². The number of aryl methyl sites for hydroxylation is 1. The summed E-state index contributed by atoms with van der Waals surface area (Å²) in [6, 6.07) is 8.88. The van der Waals surface area contributed by atoms with Crippen molar-refractivity contribution in [2.45, 2.75) is 19.6 Å². The van der Waals surface area contributed by atoms with Crippen LogP contribution >= 0.6 is 23.2 Å². The van der Waals surface area contributed by atoms with Crippen molar-refractivity contribution >= 4 is 28.9 Å². The van der Waals surface area contributed by atoms with E-state index >= 15 is 0 Å². The van der Waals surface area contributed by atoms with Gasteiger partial charge in [0.05, 0.1) is 5.56 Å². The second-order valence-corrected chi connectivity index (χ2v) is 5.51. The number of nitrogens with one attached hydrogen (secondary N) is 1. The SMILES string of the molecule is Cc1ccc(CNc2cc(Cl)cc(C(F)(F)F)c2)cc1Cl. The van der Waals surface area contributed by atoms with E-state index in [0.717, 1.165) is 23.3 Å². The quantitative estimate of drug-likeness (QED) is 0.733. The highest BCUT2D eigenvalue weighted by Crippen LogP contribution is 2.33. The summed E-state index contributed by atoms with van der Waals surface area (Å²) < 4.78 is 38.1. The summed E-state index contributed by atoms with van der Waals surface area (Å²) in [5.41, 5.74) is 1.35. The van der Waals surface area contributed by atoms with Crippen LogP contribution in [0.1, 0.15) is 16.7 Å². The van der Waals surface area contributed by atoms with Crippen molar-refractivity contribution < 1.29 is 13.2 Å². The Labute approximate surface area is 130 Å². The van der Waals surface area contributed by atoms with Crippen molar-refractivity contribution in [3.63, 3.8) is 0 Å². The van der Waals surface area contributed by atoms with Crippen LogP contribution in [0.5, 0.6) is 0 Å². The lowest BCUT2D eigenvalue weighted by atomic mass is 10.1. The molecule has 0 aromatic heterocycles. The van der Waals surface area contributed by atoms with Crippen LogP contribution < -0.4 is 5.32 Å². The van der Waals surface area contributed by atoms with Crippen molar-refractivity contribution in [3.05, 3.63) is 63.1 Å². The third-order valence-corrected chi connectivity index (χ3v) is 3.58. The molecule has 0 saturated carbocycles. The maximum atomic E-state index is 12.7. The molecule has 6 heteroatoms. The molecule has 2 rings (SSSR count). The molecule has 1 nitrogen and oxygen atoms in total. The first kappa shape index (κ1) is 16.0. The average molecular weight is 334 g/mol. The Bertz CT molecular complexity index is 654. The first-order valence-electron chi connectivity index (χ1n) is 6.12. The lowest BCUT2D eigenvalue weighted by Gasteiger charge is -2.12. The van der Waals surface area contributed by atoms with E-state index in [1.165, 1.54) is 6.07 Å². The first-order chi connectivity index (χ1) is 9.75. The number of rotatable bonds is 3. The molecule has 0 heterocycles. The molecule has 0 unspecified atom stereocenters. The summed E-state index contributed by atoms with van der Waals surface area (Å²) in [6.07, 6.45) is -4.42. The smallest absolute Gasteiger partial charge is 0.381 e. The Morgan fingerprint density at radius 3 is 2.38 bits per heavy atom. The fourth-order valence-corrected chi connectivity index (χ4v) is 2.24. The molecule has 112 valence electrons. The van der Waals surface area contributed by atoms with Gasteiger partial charge in [-0.15, -0.1) is 0 Å². The highest BCUT2D eigenvalue weighted by Gasteiger charge is 2.31. The molecule has 0 bridgehead atoms. The van der Waals surface area contributed by atoms with E-state index < -0.39 is 11.7 Å². The van der Waals surface area contributed by atoms with Crippen LogP contribution in [-0.4, -0.2) is 0 Å². The Kier molecular flexibility index (Phi) is 4.69. The van der Waals surface area contributed by atoms with Gasteiger partial charge in [0, 0.05) is 22.3 Å². The molecule has 1 N–H and O–H groups in total. The third-order valence-electron chi connectivity index (χ3n) is 2.96. The highest BCUT2D eigenvalue weighted by atomic mass is 35.5. The molecule has 21 heavy (non-hydrogen) atoms. The van der Waals surface area contributed by atoms with E-state index in [2.05, 4.69) is 5.32 Å². The summed E-state index contributed by atoms with van der Waals surface area (Å²) in [4.78, 5) is 0. The maximum absolute atomic E-state index is 12.7. The molecule has 0 saturated heterocycles. The lowest BCUT2D eigenvalue weighted by molar-refractivity contribution is -0.137. The Morgan fingerprint density at radius 1 is 1.05 bits per heavy atom. The van der Waals surface area contributed by atoms with E-state index in [0.29, 0.717) is 17.3 Å². The number of halogens is 5. The zero-order valence-corrected chi connectivity index (χ0v) is 12.6. The Balaban J connectivity index is 2.16. The number of hydrogen-bond donors (Lipinski definition) is 1. The molecular formula is C15H12Cl2F3N. The van der Waals surface area contributed by atoms with E-state index in [1.807, 2.05) is 19.1 Å². The van der Waals surface area contributed by atoms with Crippen LogP contribution in [-0.2, 0) is 12.7 Å². The van der Waals surface area contributed by atoms with Gasteiger partial charge in [0.2, 0.25) is 0 Å². The molecule has 2 aromatic rings. The summed E-state index contributed by atoms with van der Waals surface area (Å²) in [5.74, 6) is 0. The minimum Gasteiger partial charge on any atom is -0.381 e. The van der Waals surface area contributed by atoms with Crippen molar-refractivity contribution in [2.75, 3.05) is 5.32 Å². The molecule has 0 aliphatic heterocycles. The predicted octanol–water partition coefficient (Wildman–Crippen LogP) is 5.93. The summed E-state index contributed by atoms with van der Waals surface area (Å²) in [5, 5.41) is 3.58. The largest absolute Gasteiger partial charge is 0.416 e. The normalized spacial score (nSPS) is 11.5. The predicted molar refractivity (Wildman–Crippen MR) is 80.0 cm³/mol. The van der Waals surface area contributed by atoms with Crippen LogP contribution in [0.3, 0.4) is 0 Å². The molecule has 0 aliphatic carbocycles. The minimum atomic E-state index is -4.42. The van der Waals surface area contributed by atoms with Crippen LogP contribution in [0.25, 0.3) is 0 Å². The van der Waals surface area contributed by atoms with E-state index in [1.54, 1.807) is 6.07 Å². The molecule has 2 aromatic carbocycles. The van der Waals surface area contributed by atoms with Gasteiger partial charge in [0.25, 0.3) is 0 Å². The van der Waals surface area contributed by atoms with Crippen molar-refractivity contribution in [2.24, 2.45) is 0 Å². The zero-order chi connectivity index (χ0) is 15.6. The fraction of sp³-hybridized carbons (Fsp3) is 0.200. The topological polar surface area (TPSA) is 12.0 Å². The second kappa shape index (κ2) is 6.16. The molecule has 0 amide bonds. The van der Waals surface area contributed by atoms with Crippen LogP contribution in [0.15, 0.2) is 36.4 Å². The van der Waals surface area contributed by atoms with Crippen LogP contribution in [0.4, 0.5) is 18.9 Å². The van der Waals surface area contributed by atoms with Gasteiger partial charge >= 0.3 is 6.18 Å². The van der Waals surface area contributed by atoms with Crippen LogP contribution in [0.2, 0.25) is 10.0 Å². The highest BCUT2D eigenvalue weighted by molar-refractivity contribution is 6.31. The van der Waals surface area contributed by atoms with E-state index in [-0.39, 0.29) is 5.02 Å². The average Bonchev–Trinajstić information content (AvgIpc) is 2.38. The number of hydrogen-bond acceptors (Lipinski definition) is 1. The molecule has 0 fully saturated rings. The molecular weight excluding hydrogens is 322 g/mol. The third kappa shape index (κ3) is 4.29. The summed E-state index contributed by atoms with van der Waals surface area (Å²) >= 11 is 11.7. The summed E-state index contributed by atoms with van der Waals surface area (Å²) in [7, 11) is 0. The number of benzene rings is 2. The summed E-state index contributed by atoms with van der Waals surface area (Å²) in [6.45, 7) is 2.24.